The van der Waals surface area contributed by atoms with Crippen LogP contribution in [0.5, 0.6) is 5.75 Å². The number of aromatic hydroxyl groups is 1. The van der Waals surface area contributed by atoms with Gasteiger partial charge in [0, 0.05) is 50.9 Å². The van der Waals surface area contributed by atoms with Crippen LogP contribution in [0.25, 0.3) is 0 Å². The molecule has 1 heterocycles. The summed E-state index contributed by atoms with van der Waals surface area (Å²) in [6.07, 6.45) is 0.334. The molecule has 0 unspecified atom stereocenters. The lowest BCUT2D eigenvalue weighted by Gasteiger charge is -2.36. The Labute approximate surface area is 146 Å². The summed E-state index contributed by atoms with van der Waals surface area (Å²) in [5.41, 5.74) is 1.23. The van der Waals surface area contributed by atoms with E-state index in [2.05, 4.69) is 15.1 Å². The van der Waals surface area contributed by atoms with Gasteiger partial charge in [-0.25, -0.2) is 4.39 Å². The number of hydrogen-bond acceptors (Lipinski definition) is 4. The first-order valence-corrected chi connectivity index (χ1v) is 8.42. The fourth-order valence-electron chi connectivity index (χ4n) is 2.95. The molecule has 0 radical (unpaired) electrons. The van der Waals surface area contributed by atoms with Gasteiger partial charge in [0.05, 0.1) is 5.69 Å². The van der Waals surface area contributed by atoms with Gasteiger partial charge in [-0.1, -0.05) is 18.2 Å². The SMILES string of the molecule is O=C(CCN1CCN(c2cccc(O)c2)CC1)Nc1ccccc1F. The van der Waals surface area contributed by atoms with Crippen LogP contribution in [-0.4, -0.2) is 48.6 Å². The maximum absolute atomic E-state index is 13.5. The monoisotopic (exact) mass is 343 g/mol. The molecule has 0 aliphatic carbocycles. The maximum atomic E-state index is 13.5. The predicted octanol–water partition coefficient (Wildman–Crippen LogP) is 2.68. The molecule has 0 atom stereocenters. The van der Waals surface area contributed by atoms with Gasteiger partial charge < -0.3 is 15.3 Å². The highest BCUT2D eigenvalue weighted by atomic mass is 19.1. The zero-order valence-electron chi connectivity index (χ0n) is 14.0. The van der Waals surface area contributed by atoms with E-state index in [1.165, 1.54) is 6.07 Å². The van der Waals surface area contributed by atoms with Gasteiger partial charge >= 0.3 is 0 Å². The van der Waals surface area contributed by atoms with Gasteiger partial charge in [-0.2, -0.15) is 0 Å². The largest absolute Gasteiger partial charge is 0.508 e. The number of rotatable bonds is 5. The average Bonchev–Trinajstić information content (AvgIpc) is 2.62. The highest BCUT2D eigenvalue weighted by Crippen LogP contribution is 2.21. The first-order valence-electron chi connectivity index (χ1n) is 8.42. The molecule has 0 aromatic heterocycles. The summed E-state index contributed by atoms with van der Waals surface area (Å²) in [5, 5.41) is 12.2. The number of phenolic OH excluding ortho intramolecular Hbond substituents is 1. The molecule has 1 aliphatic rings. The Kier molecular flexibility index (Phi) is 5.50. The number of carbonyl (C=O) groups excluding carboxylic acids is 1. The molecule has 1 saturated heterocycles. The zero-order chi connectivity index (χ0) is 17.6. The van der Waals surface area contributed by atoms with Crippen LogP contribution in [0, 0.1) is 5.82 Å². The molecule has 6 heteroatoms. The minimum atomic E-state index is -0.421. The molecule has 0 saturated carbocycles. The van der Waals surface area contributed by atoms with Crippen LogP contribution in [0.1, 0.15) is 6.42 Å². The topological polar surface area (TPSA) is 55.8 Å². The summed E-state index contributed by atoms with van der Waals surface area (Å²) in [4.78, 5) is 16.4. The molecule has 0 spiro atoms. The van der Waals surface area contributed by atoms with E-state index >= 15 is 0 Å². The quantitative estimate of drug-likeness (QED) is 0.876. The highest BCUT2D eigenvalue weighted by Gasteiger charge is 2.18. The van der Waals surface area contributed by atoms with Gasteiger partial charge in [-0.15, -0.1) is 0 Å². The number of hydrogen-bond donors (Lipinski definition) is 2. The minimum Gasteiger partial charge on any atom is -0.508 e. The van der Waals surface area contributed by atoms with Crippen LogP contribution in [0.4, 0.5) is 15.8 Å². The highest BCUT2D eigenvalue weighted by molar-refractivity contribution is 5.90. The van der Waals surface area contributed by atoms with Crippen molar-refractivity contribution in [1.29, 1.82) is 0 Å². The van der Waals surface area contributed by atoms with E-state index in [-0.39, 0.29) is 17.3 Å². The molecule has 2 N–H and O–H groups in total. The van der Waals surface area contributed by atoms with E-state index in [9.17, 15) is 14.3 Å². The molecule has 2 aromatic carbocycles. The van der Waals surface area contributed by atoms with Gasteiger partial charge in [0.15, 0.2) is 0 Å². The van der Waals surface area contributed by atoms with Crippen molar-refractivity contribution in [2.75, 3.05) is 42.9 Å². The Bertz CT molecular complexity index is 730. The molecule has 0 bridgehead atoms. The van der Waals surface area contributed by atoms with Gasteiger partial charge in [-0.05, 0) is 24.3 Å². The lowest BCUT2D eigenvalue weighted by atomic mass is 10.2. The van der Waals surface area contributed by atoms with Crippen molar-refractivity contribution in [1.82, 2.24) is 4.90 Å². The van der Waals surface area contributed by atoms with Crippen molar-refractivity contribution in [2.24, 2.45) is 0 Å². The molecule has 3 rings (SSSR count). The van der Waals surface area contributed by atoms with Crippen LogP contribution in [-0.2, 0) is 4.79 Å². The van der Waals surface area contributed by atoms with Crippen LogP contribution in [0.3, 0.4) is 0 Å². The van der Waals surface area contributed by atoms with Crippen molar-refractivity contribution in [2.45, 2.75) is 6.42 Å². The normalized spacial score (nSPS) is 15.2. The van der Waals surface area contributed by atoms with Crippen LogP contribution < -0.4 is 10.2 Å². The number of nitrogens with zero attached hydrogens (tertiary/aromatic N) is 2. The van der Waals surface area contributed by atoms with E-state index in [1.54, 1.807) is 30.3 Å². The summed E-state index contributed by atoms with van der Waals surface area (Å²) in [6, 6.07) is 13.4. The van der Waals surface area contributed by atoms with Gasteiger partial charge in [0.1, 0.15) is 11.6 Å². The van der Waals surface area contributed by atoms with Crippen molar-refractivity contribution in [3.63, 3.8) is 0 Å². The maximum Gasteiger partial charge on any atom is 0.225 e. The smallest absolute Gasteiger partial charge is 0.225 e. The van der Waals surface area contributed by atoms with Crippen LogP contribution in [0.15, 0.2) is 48.5 Å². The van der Waals surface area contributed by atoms with E-state index in [4.69, 9.17) is 0 Å². The lowest BCUT2D eigenvalue weighted by molar-refractivity contribution is -0.116. The molecular weight excluding hydrogens is 321 g/mol. The molecule has 2 aromatic rings. The second-order valence-corrected chi connectivity index (χ2v) is 6.13. The van der Waals surface area contributed by atoms with Gasteiger partial charge in [0.25, 0.3) is 0 Å². The molecule has 1 amide bonds. The first-order chi connectivity index (χ1) is 12.1. The molecule has 25 heavy (non-hydrogen) atoms. The minimum absolute atomic E-state index is 0.180. The zero-order valence-corrected chi connectivity index (χ0v) is 14.0. The molecular formula is C19H22FN3O2. The van der Waals surface area contributed by atoms with Gasteiger partial charge in [0.2, 0.25) is 5.91 Å². The second-order valence-electron chi connectivity index (χ2n) is 6.13. The summed E-state index contributed by atoms with van der Waals surface area (Å²) < 4.78 is 13.5. The Balaban J connectivity index is 1.43. The van der Waals surface area contributed by atoms with Gasteiger partial charge in [-0.3, -0.25) is 9.69 Å². The Morgan fingerprint density at radius 2 is 1.84 bits per heavy atom. The predicted molar refractivity (Wildman–Crippen MR) is 96.4 cm³/mol. The third-order valence-electron chi connectivity index (χ3n) is 4.37. The number of carbonyl (C=O) groups is 1. The number of phenols is 1. The summed E-state index contributed by atoms with van der Waals surface area (Å²) in [7, 11) is 0. The second kappa shape index (κ2) is 7.98. The first kappa shape index (κ1) is 17.2. The number of anilines is 2. The van der Waals surface area contributed by atoms with Crippen molar-refractivity contribution >= 4 is 17.3 Å². The standard InChI is InChI=1S/C19H22FN3O2/c20-17-6-1-2-7-18(17)21-19(25)8-9-22-10-12-23(13-11-22)15-4-3-5-16(24)14-15/h1-7,14,24H,8-13H2,(H,21,25). The van der Waals surface area contributed by atoms with Crippen LogP contribution >= 0.6 is 0 Å². The average molecular weight is 343 g/mol. The third kappa shape index (κ3) is 4.70. The molecule has 1 aliphatic heterocycles. The van der Waals surface area contributed by atoms with Crippen molar-refractivity contribution in [3.05, 3.63) is 54.3 Å². The van der Waals surface area contributed by atoms with E-state index in [1.807, 2.05) is 12.1 Å². The number of para-hydroxylation sites is 1. The Morgan fingerprint density at radius 3 is 2.56 bits per heavy atom. The summed E-state index contributed by atoms with van der Waals surface area (Å²) >= 11 is 0. The third-order valence-corrected chi connectivity index (χ3v) is 4.37. The molecule has 1 fully saturated rings. The number of halogens is 1. The number of benzene rings is 2. The summed E-state index contributed by atoms with van der Waals surface area (Å²) in [5.74, 6) is -0.333. The van der Waals surface area contributed by atoms with Crippen molar-refractivity contribution < 1.29 is 14.3 Å². The van der Waals surface area contributed by atoms with E-state index < -0.39 is 5.82 Å². The number of piperazine rings is 1. The molecule has 132 valence electrons. The fourth-order valence-corrected chi connectivity index (χ4v) is 2.95. The number of amides is 1. The number of nitrogens with one attached hydrogen (secondary N) is 1. The Morgan fingerprint density at radius 1 is 1.08 bits per heavy atom. The summed E-state index contributed by atoms with van der Waals surface area (Å²) in [6.45, 7) is 4.04. The van der Waals surface area contributed by atoms with Crippen molar-refractivity contribution in [3.8, 4) is 5.75 Å². The van der Waals surface area contributed by atoms with E-state index in [0.717, 1.165) is 31.9 Å². The fraction of sp³-hybridized carbons (Fsp3) is 0.316. The molecule has 5 nitrogen and oxygen atoms in total. The van der Waals surface area contributed by atoms with Crippen LogP contribution in [0.2, 0.25) is 0 Å². The Hall–Kier alpha value is -2.60. The van der Waals surface area contributed by atoms with E-state index in [0.29, 0.717) is 13.0 Å². The lowest BCUT2D eigenvalue weighted by Crippen LogP contribution is -2.47.